The summed E-state index contributed by atoms with van der Waals surface area (Å²) in [5.41, 5.74) is -0.479. The van der Waals surface area contributed by atoms with E-state index >= 15 is 0 Å². The zero-order valence-corrected chi connectivity index (χ0v) is 17.1. The van der Waals surface area contributed by atoms with Crippen molar-refractivity contribution < 1.29 is 28.9 Å². The molecule has 2 rings (SSSR count). The molecule has 1 amide bonds. The molecule has 28 heavy (non-hydrogen) atoms. The van der Waals surface area contributed by atoms with E-state index in [1.807, 2.05) is 27.7 Å². The van der Waals surface area contributed by atoms with Crippen molar-refractivity contribution in [1.29, 1.82) is 0 Å². The van der Waals surface area contributed by atoms with Gasteiger partial charge in [0.25, 0.3) is 0 Å². The van der Waals surface area contributed by atoms with E-state index in [0.717, 1.165) is 25.7 Å². The van der Waals surface area contributed by atoms with E-state index in [0.29, 0.717) is 13.2 Å². The molecule has 9 nitrogen and oxygen atoms in total. The number of aromatic nitrogens is 2. The van der Waals surface area contributed by atoms with Gasteiger partial charge in [-0.1, -0.05) is 0 Å². The third-order valence-electron chi connectivity index (χ3n) is 4.39. The molecule has 0 unspecified atom stereocenters. The number of nitrogens with one attached hydrogen (secondary N) is 1. The van der Waals surface area contributed by atoms with Gasteiger partial charge < -0.3 is 24.6 Å². The Morgan fingerprint density at radius 3 is 2.50 bits per heavy atom. The number of hydrogen-bond acceptors (Lipinski definition) is 6. The molecule has 0 atom stereocenters. The highest BCUT2D eigenvalue weighted by Crippen LogP contribution is 2.30. The number of carboxylic acids is 1. The van der Waals surface area contributed by atoms with E-state index in [1.54, 1.807) is 4.68 Å². The van der Waals surface area contributed by atoms with Crippen LogP contribution in [0.3, 0.4) is 0 Å². The van der Waals surface area contributed by atoms with Crippen LogP contribution in [0.1, 0.15) is 69.8 Å². The minimum Gasteiger partial charge on any atom is -0.477 e. The van der Waals surface area contributed by atoms with Crippen molar-refractivity contribution in [3.8, 4) is 5.88 Å². The topological polar surface area (TPSA) is 112 Å². The second-order valence-electron chi connectivity index (χ2n) is 7.83. The largest absolute Gasteiger partial charge is 0.477 e. The summed E-state index contributed by atoms with van der Waals surface area (Å²) < 4.78 is 17.6. The molecule has 1 heterocycles. The molecule has 158 valence electrons. The van der Waals surface area contributed by atoms with E-state index < -0.39 is 17.7 Å². The Labute approximate surface area is 165 Å². The molecule has 2 N–H and O–H groups in total. The fourth-order valence-electron chi connectivity index (χ4n) is 3.12. The van der Waals surface area contributed by atoms with Crippen LogP contribution in [0.5, 0.6) is 5.88 Å². The average molecular weight is 397 g/mol. The van der Waals surface area contributed by atoms with E-state index in [2.05, 4.69) is 10.4 Å². The summed E-state index contributed by atoms with van der Waals surface area (Å²) in [6.45, 7) is 8.57. The van der Waals surface area contributed by atoms with Crippen molar-refractivity contribution in [2.45, 2.75) is 71.1 Å². The predicted octanol–water partition coefficient (Wildman–Crippen LogP) is 3.01. The Morgan fingerprint density at radius 2 is 1.93 bits per heavy atom. The standard InChI is InChI=1S/C19H31N3O6/c1-5-26-10-11-27-16-15(17(23)24)12-22(21-16)14-8-6-13(7-9-14)20-18(25)28-19(2,3)4/h12-14H,5-11H2,1-4H3,(H,20,25)(H,23,24)/t13-,14-. The fourth-order valence-corrected chi connectivity index (χ4v) is 3.12. The van der Waals surface area contributed by atoms with Gasteiger partial charge in [0.2, 0.25) is 5.88 Å². The molecule has 1 aliphatic carbocycles. The number of carbonyl (C=O) groups excluding carboxylic acids is 1. The maximum atomic E-state index is 11.9. The van der Waals surface area contributed by atoms with Gasteiger partial charge in [-0.05, 0) is 53.4 Å². The van der Waals surface area contributed by atoms with Crippen molar-refractivity contribution >= 4 is 12.1 Å². The Bertz CT molecular complexity index is 659. The van der Waals surface area contributed by atoms with E-state index in [9.17, 15) is 14.7 Å². The molecule has 1 aliphatic rings. The van der Waals surface area contributed by atoms with Gasteiger partial charge in [-0.3, -0.25) is 4.68 Å². The maximum Gasteiger partial charge on any atom is 0.407 e. The zero-order valence-electron chi connectivity index (χ0n) is 17.1. The van der Waals surface area contributed by atoms with Crippen LogP contribution >= 0.6 is 0 Å². The van der Waals surface area contributed by atoms with Gasteiger partial charge in [0, 0.05) is 18.8 Å². The Kier molecular flexibility index (Phi) is 7.68. The van der Waals surface area contributed by atoms with Gasteiger partial charge in [0.1, 0.15) is 17.8 Å². The van der Waals surface area contributed by atoms with E-state index in [-0.39, 0.29) is 30.1 Å². The minimum absolute atomic E-state index is 0.0440. The number of ether oxygens (including phenoxy) is 3. The molecule has 0 aliphatic heterocycles. The van der Waals surface area contributed by atoms with Crippen molar-refractivity contribution in [2.24, 2.45) is 0 Å². The van der Waals surface area contributed by atoms with E-state index in [1.165, 1.54) is 6.20 Å². The second kappa shape index (κ2) is 9.77. The number of carboxylic acid groups (broad SMARTS) is 1. The molecule has 0 bridgehead atoms. The van der Waals surface area contributed by atoms with Gasteiger partial charge >= 0.3 is 12.1 Å². The first kappa shape index (κ1) is 22.0. The number of alkyl carbamates (subject to hydrolysis) is 1. The summed E-state index contributed by atoms with van der Waals surface area (Å²) in [5.74, 6) is -0.959. The molecular formula is C19H31N3O6. The van der Waals surface area contributed by atoms with Gasteiger partial charge in [-0.2, -0.15) is 0 Å². The number of nitrogens with zero attached hydrogens (tertiary/aromatic N) is 2. The highest BCUT2D eigenvalue weighted by molar-refractivity contribution is 5.89. The lowest BCUT2D eigenvalue weighted by atomic mass is 9.91. The maximum absolute atomic E-state index is 11.9. The van der Waals surface area contributed by atoms with Crippen LogP contribution in [-0.4, -0.2) is 58.4 Å². The molecular weight excluding hydrogens is 366 g/mol. The van der Waals surface area contributed by atoms with Crippen LogP contribution in [0, 0.1) is 0 Å². The molecule has 1 aromatic heterocycles. The number of aromatic carboxylic acids is 1. The van der Waals surface area contributed by atoms with Crippen LogP contribution in [0.4, 0.5) is 4.79 Å². The Balaban J connectivity index is 1.91. The molecule has 1 fully saturated rings. The molecule has 0 saturated heterocycles. The lowest BCUT2D eigenvalue weighted by Gasteiger charge is -2.30. The first-order chi connectivity index (χ1) is 13.2. The van der Waals surface area contributed by atoms with Crippen molar-refractivity contribution in [3.05, 3.63) is 11.8 Å². The summed E-state index contributed by atoms with van der Waals surface area (Å²) in [5, 5.41) is 16.6. The monoisotopic (exact) mass is 397 g/mol. The summed E-state index contributed by atoms with van der Waals surface area (Å²) in [4.78, 5) is 23.4. The summed E-state index contributed by atoms with van der Waals surface area (Å²) in [6, 6.07) is 0.113. The van der Waals surface area contributed by atoms with Gasteiger partial charge in [-0.25, -0.2) is 9.59 Å². The van der Waals surface area contributed by atoms with Crippen molar-refractivity contribution in [3.63, 3.8) is 0 Å². The van der Waals surface area contributed by atoms with Gasteiger partial charge in [0.15, 0.2) is 0 Å². The summed E-state index contributed by atoms with van der Waals surface area (Å²) >= 11 is 0. The normalized spacial score (nSPS) is 19.9. The third-order valence-corrected chi connectivity index (χ3v) is 4.39. The molecule has 0 aromatic carbocycles. The van der Waals surface area contributed by atoms with Gasteiger partial charge in [0.05, 0.1) is 12.6 Å². The summed E-state index contributed by atoms with van der Waals surface area (Å²) in [7, 11) is 0. The number of carbonyl (C=O) groups is 2. The lowest BCUT2D eigenvalue weighted by molar-refractivity contribution is 0.0486. The highest BCUT2D eigenvalue weighted by Gasteiger charge is 2.28. The smallest absolute Gasteiger partial charge is 0.407 e. The highest BCUT2D eigenvalue weighted by atomic mass is 16.6. The zero-order chi connectivity index (χ0) is 20.7. The van der Waals surface area contributed by atoms with Crippen molar-refractivity contribution in [2.75, 3.05) is 19.8 Å². The van der Waals surface area contributed by atoms with Crippen LogP contribution < -0.4 is 10.1 Å². The molecule has 0 radical (unpaired) electrons. The number of hydrogen-bond donors (Lipinski definition) is 2. The average Bonchev–Trinajstić information content (AvgIpc) is 3.02. The molecule has 1 saturated carbocycles. The minimum atomic E-state index is -1.07. The van der Waals surface area contributed by atoms with E-state index in [4.69, 9.17) is 14.2 Å². The first-order valence-corrected chi connectivity index (χ1v) is 9.72. The lowest BCUT2D eigenvalue weighted by Crippen LogP contribution is -2.41. The Morgan fingerprint density at radius 1 is 1.25 bits per heavy atom. The van der Waals surface area contributed by atoms with Crippen LogP contribution in [0.25, 0.3) is 0 Å². The van der Waals surface area contributed by atoms with Crippen molar-refractivity contribution in [1.82, 2.24) is 15.1 Å². The molecule has 9 heteroatoms. The second-order valence-corrected chi connectivity index (χ2v) is 7.83. The van der Waals surface area contributed by atoms with Crippen LogP contribution in [0.15, 0.2) is 6.20 Å². The molecule has 1 aromatic rings. The quantitative estimate of drug-likeness (QED) is 0.649. The van der Waals surface area contributed by atoms with Crippen LogP contribution in [-0.2, 0) is 9.47 Å². The number of rotatable bonds is 8. The molecule has 0 spiro atoms. The fraction of sp³-hybridized carbons (Fsp3) is 0.737. The Hall–Kier alpha value is -2.29. The SMILES string of the molecule is CCOCCOc1nn([C@H]2CC[C@H](NC(=O)OC(C)(C)C)CC2)cc1C(=O)O. The van der Waals surface area contributed by atoms with Gasteiger partial charge in [-0.15, -0.1) is 5.10 Å². The predicted molar refractivity (Wildman–Crippen MR) is 102 cm³/mol. The van der Waals surface area contributed by atoms with Crippen LogP contribution in [0.2, 0.25) is 0 Å². The third kappa shape index (κ3) is 6.70. The number of amides is 1. The first-order valence-electron chi connectivity index (χ1n) is 9.72. The summed E-state index contributed by atoms with van der Waals surface area (Å²) in [6.07, 6.45) is 4.21.